The van der Waals surface area contributed by atoms with Gasteiger partial charge in [-0.25, -0.2) is 0 Å². The van der Waals surface area contributed by atoms with Crippen LogP contribution >= 0.6 is 0 Å². The number of nitrogens with one attached hydrogen (secondary N) is 2. The highest BCUT2D eigenvalue weighted by Crippen LogP contribution is 2.19. The van der Waals surface area contributed by atoms with E-state index in [-0.39, 0.29) is 11.9 Å². The molecule has 0 bridgehead atoms. The Balaban J connectivity index is 1.83. The van der Waals surface area contributed by atoms with E-state index in [1.807, 2.05) is 31.2 Å². The van der Waals surface area contributed by atoms with Gasteiger partial charge in [0.25, 0.3) is 0 Å². The molecule has 1 aliphatic rings. The van der Waals surface area contributed by atoms with Crippen molar-refractivity contribution in [3.05, 3.63) is 29.8 Å². The van der Waals surface area contributed by atoms with Crippen molar-refractivity contribution >= 4 is 11.6 Å². The summed E-state index contributed by atoms with van der Waals surface area (Å²) >= 11 is 0. The highest BCUT2D eigenvalue weighted by molar-refractivity contribution is 5.77. The van der Waals surface area contributed by atoms with Gasteiger partial charge in [0.2, 0.25) is 5.91 Å². The van der Waals surface area contributed by atoms with Gasteiger partial charge in [-0.1, -0.05) is 17.7 Å². The first kappa shape index (κ1) is 12.9. The minimum Gasteiger partial charge on any atom is -0.381 e. The molecule has 1 amide bonds. The SMILES string of the molecule is Cc1ccc(NC(CN)CC(=O)NC2CC2)cc1. The molecule has 18 heavy (non-hydrogen) atoms. The van der Waals surface area contributed by atoms with Gasteiger partial charge in [0.05, 0.1) is 0 Å². The van der Waals surface area contributed by atoms with Crippen molar-refractivity contribution in [2.24, 2.45) is 5.73 Å². The predicted molar refractivity (Wildman–Crippen MR) is 73.4 cm³/mol. The average molecular weight is 247 g/mol. The normalized spacial score (nSPS) is 16.1. The summed E-state index contributed by atoms with van der Waals surface area (Å²) in [5.41, 5.74) is 7.93. The maximum atomic E-state index is 11.7. The van der Waals surface area contributed by atoms with Crippen molar-refractivity contribution in [3.8, 4) is 0 Å². The molecule has 0 heterocycles. The summed E-state index contributed by atoms with van der Waals surface area (Å²) in [6.07, 6.45) is 2.66. The van der Waals surface area contributed by atoms with Gasteiger partial charge >= 0.3 is 0 Å². The molecular weight excluding hydrogens is 226 g/mol. The van der Waals surface area contributed by atoms with Crippen LogP contribution in [0.1, 0.15) is 24.8 Å². The zero-order valence-corrected chi connectivity index (χ0v) is 10.8. The van der Waals surface area contributed by atoms with E-state index in [9.17, 15) is 4.79 Å². The molecule has 1 aromatic carbocycles. The fraction of sp³-hybridized carbons (Fsp3) is 0.500. The monoisotopic (exact) mass is 247 g/mol. The summed E-state index contributed by atoms with van der Waals surface area (Å²) < 4.78 is 0. The number of rotatable bonds is 6. The smallest absolute Gasteiger partial charge is 0.222 e. The molecule has 1 atom stereocenters. The van der Waals surface area contributed by atoms with Crippen molar-refractivity contribution < 1.29 is 4.79 Å². The fourth-order valence-electron chi connectivity index (χ4n) is 1.82. The lowest BCUT2D eigenvalue weighted by molar-refractivity contribution is -0.121. The molecule has 0 aliphatic heterocycles. The van der Waals surface area contributed by atoms with Gasteiger partial charge in [-0.2, -0.15) is 0 Å². The third-order valence-corrected chi connectivity index (χ3v) is 3.08. The number of amides is 1. The molecule has 0 saturated heterocycles. The van der Waals surface area contributed by atoms with Gasteiger partial charge < -0.3 is 16.4 Å². The van der Waals surface area contributed by atoms with Crippen LogP contribution in [0.4, 0.5) is 5.69 Å². The molecule has 4 nitrogen and oxygen atoms in total. The lowest BCUT2D eigenvalue weighted by Crippen LogP contribution is -2.36. The minimum atomic E-state index is -0.00791. The van der Waals surface area contributed by atoms with Crippen molar-refractivity contribution in [2.45, 2.75) is 38.3 Å². The van der Waals surface area contributed by atoms with Gasteiger partial charge in [0.15, 0.2) is 0 Å². The lowest BCUT2D eigenvalue weighted by Gasteiger charge is -2.18. The number of benzene rings is 1. The summed E-state index contributed by atoms with van der Waals surface area (Å²) in [4.78, 5) is 11.7. The standard InChI is InChI=1S/C14H21N3O/c1-10-2-4-11(5-3-10)16-13(9-15)8-14(18)17-12-6-7-12/h2-5,12-13,16H,6-9,15H2,1H3,(H,17,18). The van der Waals surface area contributed by atoms with Crippen LogP contribution in [0.25, 0.3) is 0 Å². The molecule has 4 heteroatoms. The molecular formula is C14H21N3O. The molecule has 0 aromatic heterocycles. The Kier molecular flexibility index (Phi) is 4.20. The molecule has 1 aliphatic carbocycles. The second-order valence-electron chi connectivity index (χ2n) is 4.99. The molecule has 0 spiro atoms. The number of anilines is 1. The highest BCUT2D eigenvalue weighted by Gasteiger charge is 2.24. The molecule has 1 unspecified atom stereocenters. The molecule has 1 aromatic rings. The van der Waals surface area contributed by atoms with E-state index in [0.29, 0.717) is 19.0 Å². The zero-order valence-electron chi connectivity index (χ0n) is 10.8. The second kappa shape index (κ2) is 5.87. The predicted octanol–water partition coefficient (Wildman–Crippen LogP) is 1.40. The maximum Gasteiger partial charge on any atom is 0.222 e. The number of hydrogen-bond acceptors (Lipinski definition) is 3. The van der Waals surface area contributed by atoms with Gasteiger partial charge in [-0.05, 0) is 31.9 Å². The summed E-state index contributed by atoms with van der Waals surface area (Å²) in [7, 11) is 0. The Morgan fingerprint density at radius 2 is 2.06 bits per heavy atom. The summed E-state index contributed by atoms with van der Waals surface area (Å²) in [6, 6.07) is 8.51. The van der Waals surface area contributed by atoms with E-state index in [4.69, 9.17) is 5.73 Å². The van der Waals surface area contributed by atoms with Gasteiger partial charge in [-0.3, -0.25) is 4.79 Å². The minimum absolute atomic E-state index is 0.00791. The number of hydrogen-bond donors (Lipinski definition) is 3. The van der Waals surface area contributed by atoms with Crippen molar-refractivity contribution in [1.82, 2.24) is 5.32 Å². The largest absolute Gasteiger partial charge is 0.381 e. The highest BCUT2D eigenvalue weighted by atomic mass is 16.1. The average Bonchev–Trinajstić information content (AvgIpc) is 3.15. The van der Waals surface area contributed by atoms with Gasteiger partial charge in [0.1, 0.15) is 0 Å². The van der Waals surface area contributed by atoms with Crippen LogP contribution in [0.3, 0.4) is 0 Å². The zero-order chi connectivity index (χ0) is 13.0. The van der Waals surface area contributed by atoms with E-state index in [1.165, 1.54) is 5.56 Å². The first-order valence-electron chi connectivity index (χ1n) is 6.50. The second-order valence-corrected chi connectivity index (χ2v) is 4.99. The number of nitrogens with two attached hydrogens (primary N) is 1. The quantitative estimate of drug-likeness (QED) is 0.712. The molecule has 1 fully saturated rings. The van der Waals surface area contributed by atoms with Gasteiger partial charge in [-0.15, -0.1) is 0 Å². The number of carbonyl (C=O) groups excluding carboxylic acids is 1. The Morgan fingerprint density at radius 3 is 2.61 bits per heavy atom. The van der Waals surface area contributed by atoms with Crippen LogP contribution in [0.2, 0.25) is 0 Å². The Labute approximate surface area is 108 Å². The van der Waals surface area contributed by atoms with E-state index >= 15 is 0 Å². The van der Waals surface area contributed by atoms with Crippen LogP contribution in [0, 0.1) is 6.92 Å². The van der Waals surface area contributed by atoms with Crippen LogP contribution in [-0.4, -0.2) is 24.5 Å². The summed E-state index contributed by atoms with van der Waals surface area (Å²) in [6.45, 7) is 2.50. The molecule has 98 valence electrons. The van der Waals surface area contributed by atoms with Crippen LogP contribution in [0.5, 0.6) is 0 Å². The van der Waals surface area contributed by atoms with Crippen molar-refractivity contribution in [1.29, 1.82) is 0 Å². The molecule has 2 rings (SSSR count). The Bertz CT molecular complexity index is 398. The maximum absolute atomic E-state index is 11.7. The summed E-state index contributed by atoms with van der Waals surface area (Å²) in [5.74, 6) is 0.0903. The van der Waals surface area contributed by atoms with Crippen LogP contribution in [0.15, 0.2) is 24.3 Å². The third kappa shape index (κ3) is 4.04. The van der Waals surface area contributed by atoms with E-state index in [0.717, 1.165) is 18.5 Å². The molecule has 0 radical (unpaired) electrons. The Hall–Kier alpha value is -1.55. The Morgan fingerprint density at radius 1 is 1.39 bits per heavy atom. The molecule has 1 saturated carbocycles. The summed E-state index contributed by atoms with van der Waals surface area (Å²) in [5, 5.41) is 6.27. The van der Waals surface area contributed by atoms with Crippen molar-refractivity contribution in [2.75, 3.05) is 11.9 Å². The number of carbonyl (C=O) groups is 1. The number of aryl methyl sites for hydroxylation is 1. The first-order chi connectivity index (χ1) is 8.67. The van der Waals surface area contributed by atoms with E-state index in [1.54, 1.807) is 0 Å². The van der Waals surface area contributed by atoms with Crippen molar-refractivity contribution in [3.63, 3.8) is 0 Å². The third-order valence-electron chi connectivity index (χ3n) is 3.08. The van der Waals surface area contributed by atoms with Gasteiger partial charge in [0, 0.05) is 30.7 Å². The van der Waals surface area contributed by atoms with E-state index in [2.05, 4.69) is 10.6 Å². The lowest BCUT2D eigenvalue weighted by atomic mass is 10.1. The van der Waals surface area contributed by atoms with Crippen LogP contribution in [-0.2, 0) is 4.79 Å². The topological polar surface area (TPSA) is 67.1 Å². The van der Waals surface area contributed by atoms with E-state index < -0.39 is 0 Å². The first-order valence-corrected chi connectivity index (χ1v) is 6.50. The fourth-order valence-corrected chi connectivity index (χ4v) is 1.82. The molecule has 4 N–H and O–H groups in total. The van der Waals surface area contributed by atoms with Crippen LogP contribution < -0.4 is 16.4 Å².